The van der Waals surface area contributed by atoms with Crippen LogP contribution < -0.4 is 0 Å². The summed E-state index contributed by atoms with van der Waals surface area (Å²) in [6.45, 7) is 8.23. The Labute approximate surface area is 153 Å². The summed E-state index contributed by atoms with van der Waals surface area (Å²) in [7, 11) is 0. The second-order valence-electron chi connectivity index (χ2n) is 6.67. The zero-order valence-corrected chi connectivity index (χ0v) is 15.3. The Balaban J connectivity index is 1.38. The molecule has 1 aliphatic rings. The van der Waals surface area contributed by atoms with Gasteiger partial charge < -0.3 is 0 Å². The van der Waals surface area contributed by atoms with Gasteiger partial charge in [-0.3, -0.25) is 14.2 Å². The van der Waals surface area contributed by atoms with E-state index in [2.05, 4.69) is 46.1 Å². The summed E-state index contributed by atoms with van der Waals surface area (Å²) in [6.07, 6.45) is 1.97. The second kappa shape index (κ2) is 7.07. The van der Waals surface area contributed by atoms with Gasteiger partial charge in [-0.15, -0.1) is 0 Å². The second-order valence-corrected chi connectivity index (χ2v) is 7.04. The molecule has 6 heteroatoms. The first-order chi connectivity index (χ1) is 12.2. The summed E-state index contributed by atoms with van der Waals surface area (Å²) < 4.78 is 4.66. The molecule has 1 aromatic carbocycles. The number of rotatable bonds is 4. The van der Waals surface area contributed by atoms with Crippen LogP contribution in [0.4, 0.5) is 0 Å². The van der Waals surface area contributed by atoms with Gasteiger partial charge in [0.05, 0.1) is 6.67 Å². The predicted octanol–water partition coefficient (Wildman–Crippen LogP) is 2.95. The molecule has 3 heterocycles. The lowest BCUT2D eigenvalue weighted by molar-refractivity contribution is 0.0981. The summed E-state index contributed by atoms with van der Waals surface area (Å²) in [5.41, 5.74) is 3.71. The molecule has 0 saturated carbocycles. The van der Waals surface area contributed by atoms with Crippen molar-refractivity contribution in [1.82, 2.24) is 24.0 Å². The Bertz CT molecular complexity index is 921. The number of aromatic nitrogens is 3. The average molecular weight is 353 g/mol. The number of aryl methyl sites for hydroxylation is 1. The van der Waals surface area contributed by atoms with Crippen molar-refractivity contribution in [2.75, 3.05) is 26.2 Å². The molecule has 1 saturated heterocycles. The van der Waals surface area contributed by atoms with E-state index in [-0.39, 0.29) is 0 Å². The van der Waals surface area contributed by atoms with Crippen LogP contribution in [-0.2, 0) is 13.2 Å². The number of benzene rings is 1. The molecule has 3 aromatic rings. The van der Waals surface area contributed by atoms with Gasteiger partial charge in [0.25, 0.3) is 0 Å². The Hall–Kier alpha value is -2.02. The van der Waals surface area contributed by atoms with Crippen LogP contribution in [0.3, 0.4) is 0 Å². The standard InChI is InChI=1S/C19H23N5S/c1-16-6-2-3-7-17(16)14-21-10-12-22(13-11-21)15-24-19(25)23-9-5-4-8-18(23)20-24/h2-9H,10-15H2,1H3. The number of nitrogens with zero attached hydrogens (tertiary/aromatic N) is 5. The highest BCUT2D eigenvalue weighted by Gasteiger charge is 2.18. The number of hydrogen-bond donors (Lipinski definition) is 0. The van der Waals surface area contributed by atoms with Gasteiger partial charge in [-0.2, -0.15) is 5.10 Å². The SMILES string of the molecule is Cc1ccccc1CN1CCN(Cn2nc3ccccn3c2=S)CC1. The third-order valence-corrected chi connectivity index (χ3v) is 5.35. The largest absolute Gasteiger partial charge is 0.297 e. The fourth-order valence-electron chi connectivity index (χ4n) is 3.37. The van der Waals surface area contributed by atoms with Crippen LogP contribution in [0.25, 0.3) is 5.65 Å². The van der Waals surface area contributed by atoms with Crippen molar-refractivity contribution >= 4 is 17.9 Å². The first-order valence-electron chi connectivity index (χ1n) is 8.74. The third kappa shape index (κ3) is 3.51. The van der Waals surface area contributed by atoms with Crippen molar-refractivity contribution in [3.63, 3.8) is 0 Å². The van der Waals surface area contributed by atoms with Gasteiger partial charge in [0.15, 0.2) is 5.65 Å². The minimum absolute atomic E-state index is 0.762. The molecule has 0 bridgehead atoms. The lowest BCUT2D eigenvalue weighted by Gasteiger charge is -2.34. The zero-order valence-electron chi connectivity index (χ0n) is 14.5. The summed E-state index contributed by atoms with van der Waals surface area (Å²) in [5, 5.41) is 4.62. The summed E-state index contributed by atoms with van der Waals surface area (Å²) in [4.78, 5) is 4.96. The van der Waals surface area contributed by atoms with Crippen molar-refractivity contribution in [3.8, 4) is 0 Å². The molecule has 0 atom stereocenters. The van der Waals surface area contributed by atoms with Crippen molar-refractivity contribution in [2.24, 2.45) is 0 Å². The summed E-state index contributed by atoms with van der Waals surface area (Å²) in [5.74, 6) is 0. The van der Waals surface area contributed by atoms with Gasteiger partial charge in [0.1, 0.15) is 0 Å². The molecule has 4 rings (SSSR count). The van der Waals surface area contributed by atoms with Crippen LogP contribution in [0.2, 0.25) is 0 Å². The first-order valence-corrected chi connectivity index (χ1v) is 9.15. The van der Waals surface area contributed by atoms with E-state index in [0.717, 1.165) is 49.8 Å². The number of hydrogen-bond acceptors (Lipinski definition) is 4. The quantitative estimate of drug-likeness (QED) is 0.675. The fourth-order valence-corrected chi connectivity index (χ4v) is 3.62. The summed E-state index contributed by atoms with van der Waals surface area (Å²) in [6, 6.07) is 14.6. The fraction of sp³-hybridized carbons (Fsp3) is 0.368. The Kier molecular flexibility index (Phi) is 4.65. The topological polar surface area (TPSA) is 28.7 Å². The highest BCUT2D eigenvalue weighted by atomic mass is 32.1. The van der Waals surface area contributed by atoms with Gasteiger partial charge in [0, 0.05) is 38.9 Å². The molecular formula is C19H23N5S. The van der Waals surface area contributed by atoms with Crippen molar-refractivity contribution in [2.45, 2.75) is 20.1 Å². The van der Waals surface area contributed by atoms with Crippen LogP contribution >= 0.6 is 12.2 Å². The Morgan fingerprint density at radius 2 is 1.68 bits per heavy atom. The van der Waals surface area contributed by atoms with Gasteiger partial charge in [0.2, 0.25) is 4.77 Å². The highest BCUT2D eigenvalue weighted by Crippen LogP contribution is 2.13. The van der Waals surface area contributed by atoms with Crippen LogP contribution in [0.5, 0.6) is 0 Å². The van der Waals surface area contributed by atoms with Crippen molar-refractivity contribution in [3.05, 3.63) is 64.6 Å². The van der Waals surface area contributed by atoms with E-state index >= 15 is 0 Å². The van der Waals surface area contributed by atoms with Crippen LogP contribution in [-0.4, -0.2) is 50.2 Å². The zero-order chi connectivity index (χ0) is 17.2. The number of fused-ring (bicyclic) bond motifs is 1. The van der Waals surface area contributed by atoms with E-state index in [0.29, 0.717) is 0 Å². The molecule has 0 N–H and O–H groups in total. The predicted molar refractivity (Wildman–Crippen MR) is 102 cm³/mol. The molecule has 25 heavy (non-hydrogen) atoms. The van der Waals surface area contributed by atoms with Crippen LogP contribution in [0.1, 0.15) is 11.1 Å². The smallest absolute Gasteiger partial charge is 0.203 e. The summed E-state index contributed by atoms with van der Waals surface area (Å²) >= 11 is 5.55. The molecule has 2 aromatic heterocycles. The highest BCUT2D eigenvalue weighted by molar-refractivity contribution is 7.71. The van der Waals surface area contributed by atoms with E-state index in [4.69, 9.17) is 12.2 Å². The molecule has 1 fully saturated rings. The Morgan fingerprint density at radius 3 is 2.44 bits per heavy atom. The monoisotopic (exact) mass is 353 g/mol. The van der Waals surface area contributed by atoms with E-state index in [1.54, 1.807) is 0 Å². The normalized spacial score (nSPS) is 16.5. The molecule has 0 radical (unpaired) electrons. The molecule has 0 unspecified atom stereocenters. The molecule has 1 aliphatic heterocycles. The maximum absolute atomic E-state index is 5.55. The first kappa shape index (κ1) is 16.4. The molecule has 0 aliphatic carbocycles. The lowest BCUT2D eigenvalue weighted by atomic mass is 10.1. The van der Waals surface area contributed by atoms with Crippen molar-refractivity contribution in [1.29, 1.82) is 0 Å². The number of piperazine rings is 1. The van der Waals surface area contributed by atoms with E-state index in [1.165, 1.54) is 11.1 Å². The Morgan fingerprint density at radius 1 is 0.960 bits per heavy atom. The molecule has 0 spiro atoms. The average Bonchev–Trinajstić information content (AvgIpc) is 2.95. The van der Waals surface area contributed by atoms with Gasteiger partial charge in [-0.25, -0.2) is 4.68 Å². The minimum atomic E-state index is 0.762. The molecule has 130 valence electrons. The maximum atomic E-state index is 5.55. The molecular weight excluding hydrogens is 330 g/mol. The minimum Gasteiger partial charge on any atom is -0.297 e. The van der Waals surface area contributed by atoms with Gasteiger partial charge >= 0.3 is 0 Å². The molecule has 0 amide bonds. The van der Waals surface area contributed by atoms with E-state index in [9.17, 15) is 0 Å². The molecule has 5 nitrogen and oxygen atoms in total. The van der Waals surface area contributed by atoms with Gasteiger partial charge in [-0.1, -0.05) is 30.3 Å². The van der Waals surface area contributed by atoms with Crippen LogP contribution in [0, 0.1) is 11.7 Å². The number of pyridine rings is 1. The lowest BCUT2D eigenvalue weighted by Crippen LogP contribution is -2.46. The third-order valence-electron chi connectivity index (χ3n) is 4.94. The van der Waals surface area contributed by atoms with Crippen molar-refractivity contribution < 1.29 is 0 Å². The van der Waals surface area contributed by atoms with Crippen LogP contribution in [0.15, 0.2) is 48.7 Å². The van der Waals surface area contributed by atoms with E-state index in [1.807, 2.05) is 33.5 Å². The van der Waals surface area contributed by atoms with E-state index < -0.39 is 0 Å². The van der Waals surface area contributed by atoms with Gasteiger partial charge in [-0.05, 0) is 42.4 Å². The maximum Gasteiger partial charge on any atom is 0.203 e.